The molecule has 0 atom stereocenters. The molecule has 3 rings (SSSR count). The minimum atomic E-state index is 0.769. The summed E-state index contributed by atoms with van der Waals surface area (Å²) in [6, 6.07) is 4.17. The summed E-state index contributed by atoms with van der Waals surface area (Å²) in [4.78, 5) is 6.70. The number of rotatable bonds is 4. The molecule has 0 aliphatic carbocycles. The van der Waals surface area contributed by atoms with Gasteiger partial charge in [-0.1, -0.05) is 11.6 Å². The van der Waals surface area contributed by atoms with Crippen LogP contribution < -0.4 is 10.3 Å². The summed E-state index contributed by atoms with van der Waals surface area (Å²) in [7, 11) is 0. The molecule has 2 heterocycles. The van der Waals surface area contributed by atoms with Gasteiger partial charge in [-0.25, -0.2) is 4.98 Å². The van der Waals surface area contributed by atoms with Gasteiger partial charge in [0.05, 0.1) is 16.9 Å². The van der Waals surface area contributed by atoms with E-state index < -0.39 is 0 Å². The fraction of sp³-hybridized carbons (Fsp3) is 0.375. The summed E-state index contributed by atoms with van der Waals surface area (Å²) < 4.78 is 0. The molecule has 0 amide bonds. The number of hydrogen-bond donors (Lipinski definition) is 1. The van der Waals surface area contributed by atoms with Gasteiger partial charge in [0, 0.05) is 29.7 Å². The van der Waals surface area contributed by atoms with Crippen molar-refractivity contribution in [3.05, 3.63) is 39.4 Å². The van der Waals surface area contributed by atoms with Gasteiger partial charge in [-0.15, -0.1) is 11.3 Å². The van der Waals surface area contributed by atoms with Crippen molar-refractivity contribution < 1.29 is 0 Å². The monoisotopic (exact) mass is 334 g/mol. The van der Waals surface area contributed by atoms with Crippen molar-refractivity contribution in [3.8, 4) is 0 Å². The van der Waals surface area contributed by atoms with Gasteiger partial charge in [-0.2, -0.15) is 5.10 Å². The molecule has 6 heteroatoms. The average molecular weight is 335 g/mol. The lowest BCUT2D eigenvalue weighted by Gasteiger charge is -2.21. The third-order valence-corrected chi connectivity index (χ3v) is 5.18. The fourth-order valence-corrected chi connectivity index (χ4v) is 3.50. The number of anilines is 2. The zero-order valence-corrected chi connectivity index (χ0v) is 14.3. The van der Waals surface area contributed by atoms with Crippen LogP contribution in [-0.2, 0) is 0 Å². The maximum Gasteiger partial charge on any atom is 0.203 e. The predicted molar refractivity (Wildman–Crippen MR) is 95.7 cm³/mol. The molecular weight excluding hydrogens is 316 g/mol. The summed E-state index contributed by atoms with van der Waals surface area (Å²) in [5, 5.41) is 7.77. The lowest BCUT2D eigenvalue weighted by molar-refractivity contribution is 0.949. The van der Waals surface area contributed by atoms with Gasteiger partial charge in [0.25, 0.3) is 0 Å². The van der Waals surface area contributed by atoms with Crippen LogP contribution in [0.3, 0.4) is 0 Å². The molecule has 0 bridgehead atoms. The molecule has 1 N–H and O–H groups in total. The van der Waals surface area contributed by atoms with E-state index >= 15 is 0 Å². The molecule has 1 aliphatic heterocycles. The first-order chi connectivity index (χ1) is 10.6. The summed E-state index contributed by atoms with van der Waals surface area (Å²) in [6.45, 7) is 6.28. The smallest absolute Gasteiger partial charge is 0.203 e. The van der Waals surface area contributed by atoms with E-state index in [-0.39, 0.29) is 0 Å². The average Bonchev–Trinajstić information content (AvgIpc) is 3.15. The second kappa shape index (κ2) is 6.67. The molecule has 0 spiro atoms. The lowest BCUT2D eigenvalue weighted by Crippen LogP contribution is -2.18. The number of nitrogens with one attached hydrogen (secondary N) is 1. The van der Waals surface area contributed by atoms with Crippen LogP contribution >= 0.6 is 22.9 Å². The van der Waals surface area contributed by atoms with Crippen LogP contribution in [0.25, 0.3) is 0 Å². The summed E-state index contributed by atoms with van der Waals surface area (Å²) in [5.74, 6) is 0. The van der Waals surface area contributed by atoms with Gasteiger partial charge >= 0.3 is 0 Å². The second-order valence-corrected chi connectivity index (χ2v) is 6.71. The molecule has 4 nitrogen and oxygen atoms in total. The first kappa shape index (κ1) is 15.3. The zero-order valence-electron chi connectivity index (χ0n) is 12.8. The van der Waals surface area contributed by atoms with Crippen LogP contribution in [0.15, 0.2) is 22.6 Å². The Bertz CT molecular complexity index is 689. The van der Waals surface area contributed by atoms with Gasteiger partial charge in [-0.05, 0) is 44.4 Å². The third-order valence-electron chi connectivity index (χ3n) is 3.82. The Morgan fingerprint density at radius 2 is 2.09 bits per heavy atom. The highest BCUT2D eigenvalue weighted by Gasteiger charge is 2.16. The first-order valence-electron chi connectivity index (χ1n) is 7.40. The summed E-state index contributed by atoms with van der Waals surface area (Å²) in [5.41, 5.74) is 7.21. The first-order valence-corrected chi connectivity index (χ1v) is 8.66. The van der Waals surface area contributed by atoms with E-state index in [2.05, 4.69) is 33.4 Å². The maximum absolute atomic E-state index is 6.50. The quantitative estimate of drug-likeness (QED) is 0.663. The van der Waals surface area contributed by atoms with Crippen LogP contribution in [0.2, 0.25) is 5.02 Å². The van der Waals surface area contributed by atoms with Crippen molar-refractivity contribution in [1.82, 2.24) is 4.98 Å². The Balaban J connectivity index is 1.75. The highest BCUT2D eigenvalue weighted by molar-refractivity contribution is 7.13. The van der Waals surface area contributed by atoms with E-state index in [1.807, 2.05) is 18.4 Å². The van der Waals surface area contributed by atoms with Gasteiger partial charge in [0.15, 0.2) is 0 Å². The van der Waals surface area contributed by atoms with E-state index in [0.717, 1.165) is 40.1 Å². The maximum atomic E-state index is 6.50. The Morgan fingerprint density at radius 3 is 2.77 bits per heavy atom. The molecule has 2 aromatic rings. The Kier molecular flexibility index (Phi) is 4.64. The highest BCUT2D eigenvalue weighted by Crippen LogP contribution is 2.31. The van der Waals surface area contributed by atoms with E-state index in [4.69, 9.17) is 11.6 Å². The molecule has 1 aromatic carbocycles. The Morgan fingerprint density at radius 1 is 1.32 bits per heavy atom. The molecule has 1 saturated heterocycles. The van der Waals surface area contributed by atoms with Gasteiger partial charge < -0.3 is 4.90 Å². The van der Waals surface area contributed by atoms with Crippen LogP contribution in [0.5, 0.6) is 0 Å². The van der Waals surface area contributed by atoms with Crippen LogP contribution in [0.1, 0.15) is 29.7 Å². The van der Waals surface area contributed by atoms with E-state index in [0.29, 0.717) is 0 Å². The van der Waals surface area contributed by atoms with Crippen molar-refractivity contribution in [2.24, 2.45) is 5.10 Å². The molecule has 0 unspecified atom stereocenters. The third kappa shape index (κ3) is 3.25. The highest BCUT2D eigenvalue weighted by atomic mass is 35.5. The second-order valence-electron chi connectivity index (χ2n) is 5.47. The van der Waals surface area contributed by atoms with Crippen LogP contribution in [0, 0.1) is 13.8 Å². The van der Waals surface area contributed by atoms with Crippen LogP contribution in [0.4, 0.5) is 10.8 Å². The number of hydrazone groups is 1. The number of thiazole rings is 1. The zero-order chi connectivity index (χ0) is 15.5. The van der Waals surface area contributed by atoms with Crippen molar-refractivity contribution in [2.75, 3.05) is 23.4 Å². The lowest BCUT2D eigenvalue weighted by atomic mass is 10.1. The number of hydrogen-bond acceptors (Lipinski definition) is 5. The van der Waals surface area contributed by atoms with E-state index in [9.17, 15) is 0 Å². The molecule has 22 heavy (non-hydrogen) atoms. The standard InChI is InChI=1S/C16H19ClN4S/c1-11-10-22-16(19-11)20-18-9-13-5-6-14(12(2)15(13)17)21-7-3-4-8-21/h5-6,9-10H,3-4,7-8H2,1-2H3,(H,19,20). The van der Waals surface area contributed by atoms with E-state index in [1.54, 1.807) is 6.21 Å². The fourth-order valence-electron chi connectivity index (χ4n) is 2.66. The van der Waals surface area contributed by atoms with Crippen molar-refractivity contribution >= 4 is 40.0 Å². The molecule has 1 fully saturated rings. The van der Waals surface area contributed by atoms with E-state index in [1.165, 1.54) is 29.9 Å². The number of nitrogens with zero attached hydrogens (tertiary/aromatic N) is 3. The minimum Gasteiger partial charge on any atom is -0.371 e. The topological polar surface area (TPSA) is 40.5 Å². The van der Waals surface area contributed by atoms with Crippen LogP contribution in [-0.4, -0.2) is 24.3 Å². The molecular formula is C16H19ClN4S. The predicted octanol–water partition coefficient (Wildman–Crippen LogP) is 4.46. The van der Waals surface area contributed by atoms with Crippen molar-refractivity contribution in [2.45, 2.75) is 26.7 Å². The van der Waals surface area contributed by atoms with Gasteiger partial charge in [0.2, 0.25) is 5.13 Å². The van der Waals surface area contributed by atoms with Gasteiger partial charge in [-0.3, -0.25) is 5.43 Å². The van der Waals surface area contributed by atoms with Crippen molar-refractivity contribution in [3.63, 3.8) is 0 Å². The Hall–Kier alpha value is -1.59. The SMILES string of the molecule is Cc1csc(NN=Cc2ccc(N3CCCC3)c(C)c2Cl)n1. The largest absolute Gasteiger partial charge is 0.371 e. The minimum absolute atomic E-state index is 0.769. The number of halogens is 1. The number of benzene rings is 1. The number of aromatic nitrogens is 1. The van der Waals surface area contributed by atoms with Crippen molar-refractivity contribution in [1.29, 1.82) is 0 Å². The summed E-state index contributed by atoms with van der Waals surface area (Å²) in [6.07, 6.45) is 4.27. The molecule has 0 saturated carbocycles. The van der Waals surface area contributed by atoms with Gasteiger partial charge in [0.1, 0.15) is 0 Å². The molecule has 1 aromatic heterocycles. The molecule has 116 valence electrons. The molecule has 1 aliphatic rings. The molecule has 0 radical (unpaired) electrons. The summed E-state index contributed by atoms with van der Waals surface area (Å²) >= 11 is 8.04. The number of aryl methyl sites for hydroxylation is 1. The normalized spacial score (nSPS) is 15.0. The Labute approximate surface area is 139 Å².